The molecule has 0 atom stereocenters. The molecule has 0 aromatic heterocycles. The number of hydrogen-bond acceptors (Lipinski definition) is 1. The molecule has 0 bridgehead atoms. The molecule has 19 heavy (non-hydrogen) atoms. The summed E-state index contributed by atoms with van der Waals surface area (Å²) >= 11 is 2.40. The number of carboxylic acids is 1. The van der Waals surface area contributed by atoms with Gasteiger partial charge in [-0.2, -0.15) is 26.3 Å². The van der Waals surface area contributed by atoms with E-state index in [1.165, 1.54) is 0 Å². The largest absolute Gasteiger partial charge is 0.481 e. The summed E-state index contributed by atoms with van der Waals surface area (Å²) < 4.78 is 74.6. The normalized spacial score (nSPS) is 12.6. The van der Waals surface area contributed by atoms with Crippen LogP contribution in [-0.4, -0.2) is 11.1 Å². The fraction of sp³-hybridized carbons (Fsp3) is 0.300. The summed E-state index contributed by atoms with van der Waals surface area (Å²) in [6, 6.07) is 0.468. The number of aliphatic carboxylic acids is 1. The van der Waals surface area contributed by atoms with Gasteiger partial charge in [0.15, 0.2) is 0 Å². The van der Waals surface area contributed by atoms with Crippen molar-refractivity contribution in [1.82, 2.24) is 0 Å². The molecule has 0 fully saturated rings. The number of hydrogen-bond donors (Lipinski definition) is 1. The molecule has 0 aliphatic rings. The van der Waals surface area contributed by atoms with Crippen LogP contribution in [0.2, 0.25) is 0 Å². The molecule has 1 rings (SSSR count). The second-order valence-corrected chi connectivity index (χ2v) is 4.41. The van der Waals surface area contributed by atoms with E-state index in [0.717, 1.165) is 0 Å². The number of carbonyl (C=O) groups is 1. The van der Waals surface area contributed by atoms with E-state index in [1.807, 2.05) is 0 Å². The number of rotatable bonds is 2. The first-order valence-corrected chi connectivity index (χ1v) is 5.41. The highest BCUT2D eigenvalue weighted by atomic mass is 79.9. The van der Waals surface area contributed by atoms with Crippen molar-refractivity contribution >= 4 is 21.9 Å². The van der Waals surface area contributed by atoms with Gasteiger partial charge in [-0.1, -0.05) is 15.9 Å². The minimum Gasteiger partial charge on any atom is -0.481 e. The first-order valence-electron chi connectivity index (χ1n) is 4.61. The fourth-order valence-corrected chi connectivity index (χ4v) is 2.17. The molecule has 0 amide bonds. The maximum Gasteiger partial charge on any atom is 0.417 e. The standard InChI is InChI=1S/C10H5BrF6O2/c11-6-3-5(9(12,13)14)1-4(2-7(18)19)8(6)10(15,16)17/h1,3H,2H2,(H,18,19). The van der Waals surface area contributed by atoms with Crippen LogP contribution >= 0.6 is 15.9 Å². The van der Waals surface area contributed by atoms with Crippen molar-refractivity contribution in [2.75, 3.05) is 0 Å². The Morgan fingerprint density at radius 3 is 2.00 bits per heavy atom. The Labute approximate surface area is 111 Å². The molecule has 2 nitrogen and oxygen atoms in total. The first-order chi connectivity index (χ1) is 8.43. The highest BCUT2D eigenvalue weighted by molar-refractivity contribution is 9.10. The van der Waals surface area contributed by atoms with Gasteiger partial charge in [0.2, 0.25) is 0 Å². The van der Waals surface area contributed by atoms with Crippen LogP contribution in [0.25, 0.3) is 0 Å². The molecule has 9 heteroatoms. The quantitative estimate of drug-likeness (QED) is 0.815. The second kappa shape index (κ2) is 5.03. The van der Waals surface area contributed by atoms with E-state index in [0.29, 0.717) is 0 Å². The van der Waals surface area contributed by atoms with Crippen LogP contribution in [0.5, 0.6) is 0 Å². The number of alkyl halides is 6. The Bertz CT molecular complexity index is 506. The van der Waals surface area contributed by atoms with Crippen LogP contribution in [0.3, 0.4) is 0 Å². The third kappa shape index (κ3) is 3.85. The van der Waals surface area contributed by atoms with Crippen LogP contribution in [0, 0.1) is 0 Å². The third-order valence-corrected chi connectivity index (χ3v) is 2.75. The molecule has 1 N–H and O–H groups in total. The van der Waals surface area contributed by atoms with Gasteiger partial charge in [-0.05, 0) is 17.7 Å². The molecule has 0 radical (unpaired) electrons. The SMILES string of the molecule is O=C(O)Cc1cc(C(F)(F)F)cc(Br)c1C(F)(F)F. The van der Waals surface area contributed by atoms with Gasteiger partial charge in [-0.25, -0.2) is 0 Å². The van der Waals surface area contributed by atoms with E-state index in [2.05, 4.69) is 15.9 Å². The summed E-state index contributed by atoms with van der Waals surface area (Å²) in [7, 11) is 0. The molecule has 0 unspecified atom stereocenters. The molecule has 0 saturated carbocycles. The van der Waals surface area contributed by atoms with Crippen molar-refractivity contribution in [3.63, 3.8) is 0 Å². The summed E-state index contributed by atoms with van der Waals surface area (Å²) in [6.07, 6.45) is -11.0. The predicted molar refractivity (Wildman–Crippen MR) is 55.5 cm³/mol. The Morgan fingerprint density at radius 1 is 1.11 bits per heavy atom. The Morgan fingerprint density at radius 2 is 1.63 bits per heavy atom. The molecule has 1 aromatic carbocycles. The zero-order valence-corrected chi connectivity index (χ0v) is 10.4. The summed E-state index contributed by atoms with van der Waals surface area (Å²) in [5.41, 5.74) is -3.70. The minimum atomic E-state index is -4.95. The van der Waals surface area contributed by atoms with Crippen molar-refractivity contribution in [2.24, 2.45) is 0 Å². The first kappa shape index (κ1) is 15.8. The molecular formula is C10H5BrF6O2. The van der Waals surface area contributed by atoms with Crippen LogP contribution in [-0.2, 0) is 23.6 Å². The van der Waals surface area contributed by atoms with Gasteiger partial charge in [0.05, 0.1) is 17.5 Å². The number of halogens is 7. The van der Waals surface area contributed by atoms with E-state index < -0.39 is 45.9 Å². The van der Waals surface area contributed by atoms with E-state index in [4.69, 9.17) is 5.11 Å². The molecule has 0 aliphatic carbocycles. The van der Waals surface area contributed by atoms with E-state index in [9.17, 15) is 31.1 Å². The van der Waals surface area contributed by atoms with Gasteiger partial charge < -0.3 is 5.11 Å². The van der Waals surface area contributed by atoms with Crippen LogP contribution in [0.15, 0.2) is 16.6 Å². The van der Waals surface area contributed by atoms with Crippen molar-refractivity contribution in [3.8, 4) is 0 Å². The second-order valence-electron chi connectivity index (χ2n) is 3.56. The van der Waals surface area contributed by atoms with E-state index in [-0.39, 0.29) is 12.1 Å². The molecule has 106 valence electrons. The monoisotopic (exact) mass is 350 g/mol. The zero-order chi connectivity index (χ0) is 15.0. The summed E-state index contributed by atoms with van der Waals surface area (Å²) in [4.78, 5) is 10.5. The fourth-order valence-electron chi connectivity index (χ4n) is 1.45. The maximum absolute atomic E-state index is 12.7. The summed E-state index contributed by atoms with van der Waals surface area (Å²) in [6.45, 7) is 0. The molecule has 0 spiro atoms. The molecular weight excluding hydrogens is 346 g/mol. The lowest BCUT2D eigenvalue weighted by molar-refractivity contribution is -0.143. The van der Waals surface area contributed by atoms with E-state index >= 15 is 0 Å². The summed E-state index contributed by atoms with van der Waals surface area (Å²) in [5.74, 6) is -1.66. The average molecular weight is 351 g/mol. The maximum atomic E-state index is 12.7. The van der Waals surface area contributed by atoms with Gasteiger partial charge >= 0.3 is 18.3 Å². The Balaban J connectivity index is 3.52. The topological polar surface area (TPSA) is 37.3 Å². The Hall–Kier alpha value is -1.25. The molecule has 0 saturated heterocycles. The molecule has 0 aliphatic heterocycles. The smallest absolute Gasteiger partial charge is 0.417 e. The predicted octanol–water partition coefficient (Wildman–Crippen LogP) is 4.11. The van der Waals surface area contributed by atoms with Gasteiger partial charge in [0.25, 0.3) is 0 Å². The average Bonchev–Trinajstić information content (AvgIpc) is 2.11. The Kier molecular flexibility index (Phi) is 4.18. The lowest BCUT2D eigenvalue weighted by Crippen LogP contribution is -2.16. The third-order valence-electron chi connectivity index (χ3n) is 2.12. The van der Waals surface area contributed by atoms with Crippen molar-refractivity contribution < 1.29 is 36.2 Å². The van der Waals surface area contributed by atoms with Crippen LogP contribution in [0.1, 0.15) is 16.7 Å². The highest BCUT2D eigenvalue weighted by Gasteiger charge is 2.39. The van der Waals surface area contributed by atoms with Crippen molar-refractivity contribution in [1.29, 1.82) is 0 Å². The van der Waals surface area contributed by atoms with Crippen LogP contribution < -0.4 is 0 Å². The lowest BCUT2D eigenvalue weighted by atomic mass is 10.0. The van der Waals surface area contributed by atoms with Crippen LogP contribution in [0.4, 0.5) is 26.3 Å². The van der Waals surface area contributed by atoms with Crippen molar-refractivity contribution in [3.05, 3.63) is 33.3 Å². The number of benzene rings is 1. The van der Waals surface area contributed by atoms with E-state index in [1.54, 1.807) is 0 Å². The minimum absolute atomic E-state index is 0.196. The molecule has 0 heterocycles. The number of carboxylic acid groups (broad SMARTS) is 1. The van der Waals surface area contributed by atoms with Gasteiger partial charge in [0.1, 0.15) is 0 Å². The summed E-state index contributed by atoms with van der Waals surface area (Å²) in [5, 5.41) is 8.48. The molecule has 1 aromatic rings. The lowest BCUT2D eigenvalue weighted by Gasteiger charge is -2.16. The highest BCUT2D eigenvalue weighted by Crippen LogP contribution is 2.41. The zero-order valence-electron chi connectivity index (χ0n) is 8.86. The van der Waals surface area contributed by atoms with Crippen molar-refractivity contribution in [2.45, 2.75) is 18.8 Å². The van der Waals surface area contributed by atoms with Gasteiger partial charge in [0, 0.05) is 4.47 Å². The van der Waals surface area contributed by atoms with Gasteiger partial charge in [-0.3, -0.25) is 4.79 Å². The van der Waals surface area contributed by atoms with Gasteiger partial charge in [-0.15, -0.1) is 0 Å².